The SMILES string of the molecule is CC=Cc1cc(OC)cc(C(=O)CO)c1. The van der Waals surface area contributed by atoms with Gasteiger partial charge in [0.15, 0.2) is 5.78 Å². The Bertz CT molecular complexity index is 380. The molecule has 1 rings (SSSR count). The predicted octanol–water partition coefficient (Wildman–Crippen LogP) is 1.90. The van der Waals surface area contributed by atoms with Crippen LogP contribution in [0.5, 0.6) is 5.75 Å². The first-order chi connectivity index (χ1) is 7.21. The van der Waals surface area contributed by atoms with Gasteiger partial charge in [0.05, 0.1) is 7.11 Å². The molecule has 0 aromatic heterocycles. The van der Waals surface area contributed by atoms with Crippen LogP contribution in [0.15, 0.2) is 24.3 Å². The van der Waals surface area contributed by atoms with Gasteiger partial charge in [0, 0.05) is 5.56 Å². The van der Waals surface area contributed by atoms with Crippen LogP contribution in [0.1, 0.15) is 22.8 Å². The van der Waals surface area contributed by atoms with E-state index in [-0.39, 0.29) is 5.78 Å². The van der Waals surface area contributed by atoms with Gasteiger partial charge in [-0.3, -0.25) is 4.79 Å². The van der Waals surface area contributed by atoms with E-state index >= 15 is 0 Å². The van der Waals surface area contributed by atoms with Crippen molar-refractivity contribution in [3.05, 3.63) is 35.4 Å². The molecule has 3 nitrogen and oxygen atoms in total. The van der Waals surface area contributed by atoms with E-state index in [9.17, 15) is 4.79 Å². The summed E-state index contributed by atoms with van der Waals surface area (Å²) in [5, 5.41) is 8.76. The standard InChI is InChI=1S/C12H14O3/c1-3-4-9-5-10(12(14)8-13)7-11(6-9)15-2/h3-7,13H,8H2,1-2H3. The number of carbonyl (C=O) groups excluding carboxylic acids is 1. The van der Waals surface area contributed by atoms with Crippen LogP contribution in [-0.4, -0.2) is 24.6 Å². The Morgan fingerprint density at radius 3 is 2.73 bits per heavy atom. The number of hydrogen-bond donors (Lipinski definition) is 1. The van der Waals surface area contributed by atoms with Gasteiger partial charge in [-0.1, -0.05) is 12.2 Å². The molecule has 0 unspecified atom stereocenters. The van der Waals surface area contributed by atoms with Crippen LogP contribution in [0, 0.1) is 0 Å². The first-order valence-electron chi connectivity index (χ1n) is 4.67. The maximum absolute atomic E-state index is 11.3. The quantitative estimate of drug-likeness (QED) is 0.765. The third-order valence-corrected chi connectivity index (χ3v) is 1.99. The largest absolute Gasteiger partial charge is 0.497 e. The summed E-state index contributed by atoms with van der Waals surface area (Å²) in [5.41, 5.74) is 1.35. The number of ether oxygens (including phenoxy) is 1. The average Bonchev–Trinajstić information content (AvgIpc) is 2.28. The van der Waals surface area contributed by atoms with E-state index in [2.05, 4.69) is 0 Å². The molecule has 1 aromatic rings. The fraction of sp³-hybridized carbons (Fsp3) is 0.250. The van der Waals surface area contributed by atoms with E-state index in [0.29, 0.717) is 11.3 Å². The van der Waals surface area contributed by atoms with Gasteiger partial charge in [0.2, 0.25) is 0 Å². The van der Waals surface area contributed by atoms with Crippen LogP contribution in [-0.2, 0) is 0 Å². The molecular formula is C12H14O3. The Morgan fingerprint density at radius 1 is 1.47 bits per heavy atom. The lowest BCUT2D eigenvalue weighted by molar-refractivity contribution is 0.0903. The van der Waals surface area contributed by atoms with Crippen molar-refractivity contribution >= 4 is 11.9 Å². The molecule has 0 aliphatic rings. The highest BCUT2D eigenvalue weighted by atomic mass is 16.5. The third-order valence-electron chi connectivity index (χ3n) is 1.99. The van der Waals surface area contributed by atoms with E-state index < -0.39 is 6.61 Å². The summed E-state index contributed by atoms with van der Waals surface area (Å²) >= 11 is 0. The average molecular weight is 206 g/mol. The summed E-state index contributed by atoms with van der Waals surface area (Å²) < 4.78 is 5.07. The number of methoxy groups -OCH3 is 1. The smallest absolute Gasteiger partial charge is 0.188 e. The highest BCUT2D eigenvalue weighted by Crippen LogP contribution is 2.18. The van der Waals surface area contributed by atoms with Crippen molar-refractivity contribution in [1.29, 1.82) is 0 Å². The zero-order valence-corrected chi connectivity index (χ0v) is 8.86. The monoisotopic (exact) mass is 206 g/mol. The number of Topliss-reactive ketones (excluding diaryl/α,β-unsaturated/α-hetero) is 1. The molecular weight excluding hydrogens is 192 g/mol. The van der Waals surface area contributed by atoms with Crippen molar-refractivity contribution in [2.24, 2.45) is 0 Å². The number of aliphatic hydroxyl groups is 1. The molecule has 0 aliphatic carbocycles. The lowest BCUT2D eigenvalue weighted by Crippen LogP contribution is -2.04. The van der Waals surface area contributed by atoms with E-state index in [1.807, 2.05) is 25.1 Å². The van der Waals surface area contributed by atoms with Gasteiger partial charge in [0.25, 0.3) is 0 Å². The van der Waals surface area contributed by atoms with Crippen molar-refractivity contribution in [3.8, 4) is 5.75 Å². The van der Waals surface area contributed by atoms with Gasteiger partial charge in [-0.25, -0.2) is 0 Å². The molecule has 0 bridgehead atoms. The highest BCUT2D eigenvalue weighted by Gasteiger charge is 2.06. The van der Waals surface area contributed by atoms with Crippen molar-refractivity contribution in [1.82, 2.24) is 0 Å². The van der Waals surface area contributed by atoms with Crippen molar-refractivity contribution in [3.63, 3.8) is 0 Å². The maximum Gasteiger partial charge on any atom is 0.188 e. The van der Waals surface area contributed by atoms with Gasteiger partial charge in [-0.2, -0.15) is 0 Å². The molecule has 1 aromatic carbocycles. The minimum Gasteiger partial charge on any atom is -0.497 e. The van der Waals surface area contributed by atoms with Gasteiger partial charge in [-0.15, -0.1) is 0 Å². The van der Waals surface area contributed by atoms with Crippen LogP contribution >= 0.6 is 0 Å². The number of benzene rings is 1. The van der Waals surface area contributed by atoms with Crippen LogP contribution in [0.2, 0.25) is 0 Å². The number of aliphatic hydroxyl groups excluding tert-OH is 1. The topological polar surface area (TPSA) is 46.5 Å². The Morgan fingerprint density at radius 2 is 2.20 bits per heavy atom. The maximum atomic E-state index is 11.3. The number of ketones is 1. The molecule has 0 saturated heterocycles. The molecule has 0 fully saturated rings. The molecule has 15 heavy (non-hydrogen) atoms. The lowest BCUT2D eigenvalue weighted by atomic mass is 10.1. The molecule has 0 aliphatic heterocycles. The van der Waals surface area contributed by atoms with Crippen LogP contribution in [0.25, 0.3) is 6.08 Å². The lowest BCUT2D eigenvalue weighted by Gasteiger charge is -2.05. The van der Waals surface area contributed by atoms with E-state index in [0.717, 1.165) is 5.56 Å². The van der Waals surface area contributed by atoms with Crippen molar-refractivity contribution in [2.75, 3.05) is 13.7 Å². The molecule has 0 atom stereocenters. The van der Waals surface area contributed by atoms with E-state index in [4.69, 9.17) is 9.84 Å². The minimum absolute atomic E-state index is 0.306. The Labute approximate surface area is 89.0 Å². The zero-order valence-electron chi connectivity index (χ0n) is 8.86. The Balaban J connectivity index is 3.16. The van der Waals surface area contributed by atoms with Crippen LogP contribution in [0.3, 0.4) is 0 Å². The Kier molecular flexibility index (Phi) is 4.06. The molecule has 0 spiro atoms. The fourth-order valence-electron chi connectivity index (χ4n) is 1.28. The second kappa shape index (κ2) is 5.32. The van der Waals surface area contributed by atoms with Crippen molar-refractivity contribution < 1.29 is 14.6 Å². The van der Waals surface area contributed by atoms with Crippen molar-refractivity contribution in [2.45, 2.75) is 6.92 Å². The van der Waals surface area contributed by atoms with Gasteiger partial charge in [0.1, 0.15) is 12.4 Å². The molecule has 0 radical (unpaired) electrons. The van der Waals surface area contributed by atoms with Gasteiger partial charge >= 0.3 is 0 Å². The number of rotatable bonds is 4. The zero-order chi connectivity index (χ0) is 11.3. The summed E-state index contributed by atoms with van der Waals surface area (Å²) in [6.45, 7) is 1.41. The second-order valence-electron chi connectivity index (χ2n) is 3.08. The number of allylic oxidation sites excluding steroid dienone is 1. The number of hydrogen-bond acceptors (Lipinski definition) is 3. The van der Waals surface area contributed by atoms with Crippen LogP contribution < -0.4 is 4.74 Å². The predicted molar refractivity (Wildman–Crippen MR) is 59.1 cm³/mol. The summed E-state index contributed by atoms with van der Waals surface area (Å²) in [6.07, 6.45) is 3.75. The number of carbonyl (C=O) groups is 1. The first kappa shape index (κ1) is 11.5. The van der Waals surface area contributed by atoms with E-state index in [1.165, 1.54) is 0 Å². The van der Waals surface area contributed by atoms with E-state index in [1.54, 1.807) is 19.2 Å². The second-order valence-corrected chi connectivity index (χ2v) is 3.08. The summed E-state index contributed by atoms with van der Waals surface area (Å²) in [5.74, 6) is 0.307. The summed E-state index contributed by atoms with van der Waals surface area (Å²) in [6, 6.07) is 5.17. The third kappa shape index (κ3) is 2.92. The first-order valence-corrected chi connectivity index (χ1v) is 4.67. The summed E-state index contributed by atoms with van der Waals surface area (Å²) in [7, 11) is 1.54. The molecule has 0 heterocycles. The molecule has 3 heteroatoms. The summed E-state index contributed by atoms with van der Waals surface area (Å²) in [4.78, 5) is 11.3. The van der Waals surface area contributed by atoms with Gasteiger partial charge in [-0.05, 0) is 30.7 Å². The molecule has 80 valence electrons. The normalized spacial score (nSPS) is 10.6. The minimum atomic E-state index is -0.484. The highest BCUT2D eigenvalue weighted by molar-refractivity contribution is 5.97. The fourth-order valence-corrected chi connectivity index (χ4v) is 1.28. The Hall–Kier alpha value is -1.61. The molecule has 1 N–H and O–H groups in total. The van der Waals surface area contributed by atoms with Crippen LogP contribution in [0.4, 0.5) is 0 Å². The molecule has 0 amide bonds. The molecule has 0 saturated carbocycles. The van der Waals surface area contributed by atoms with Gasteiger partial charge < -0.3 is 9.84 Å².